The summed E-state index contributed by atoms with van der Waals surface area (Å²) in [6, 6.07) is 7.96. The maximum absolute atomic E-state index is 12.3. The maximum Gasteiger partial charge on any atom is 0.169 e. The predicted molar refractivity (Wildman–Crippen MR) is 83.5 cm³/mol. The van der Waals surface area contributed by atoms with Crippen LogP contribution in [0.15, 0.2) is 29.2 Å². The minimum atomic E-state index is -1.10. The van der Waals surface area contributed by atoms with Gasteiger partial charge in [0.2, 0.25) is 0 Å². The van der Waals surface area contributed by atoms with Crippen molar-refractivity contribution in [1.82, 2.24) is 0 Å². The lowest BCUT2D eigenvalue weighted by atomic mass is 9.87. The van der Waals surface area contributed by atoms with Crippen LogP contribution in [0.2, 0.25) is 0 Å². The SMILES string of the molecule is CCOC(CS(=O)c1ccc(C(C)(C)C)cc1)OCC. The normalized spacial score (nSPS) is 13.7. The highest BCUT2D eigenvalue weighted by molar-refractivity contribution is 7.85. The van der Waals surface area contributed by atoms with E-state index in [1.54, 1.807) is 0 Å². The third-order valence-corrected chi connectivity index (χ3v) is 4.35. The van der Waals surface area contributed by atoms with Crippen molar-refractivity contribution in [3.63, 3.8) is 0 Å². The molecular formula is C16H26O3S. The van der Waals surface area contributed by atoms with Crippen LogP contribution in [0.25, 0.3) is 0 Å². The molecule has 0 aliphatic rings. The fourth-order valence-electron chi connectivity index (χ4n) is 1.84. The van der Waals surface area contributed by atoms with Crippen LogP contribution >= 0.6 is 0 Å². The average molecular weight is 298 g/mol. The second kappa shape index (κ2) is 7.91. The van der Waals surface area contributed by atoms with E-state index >= 15 is 0 Å². The Morgan fingerprint density at radius 3 is 1.95 bits per heavy atom. The second-order valence-corrected chi connectivity index (χ2v) is 7.12. The van der Waals surface area contributed by atoms with Crippen LogP contribution in [0.5, 0.6) is 0 Å². The Morgan fingerprint density at radius 2 is 1.55 bits per heavy atom. The molecule has 0 bridgehead atoms. The molecule has 0 amide bonds. The molecule has 1 aromatic rings. The number of hydrogen-bond donors (Lipinski definition) is 0. The molecule has 0 N–H and O–H groups in total. The molecule has 1 aromatic carbocycles. The summed E-state index contributed by atoms with van der Waals surface area (Å²) in [4.78, 5) is 0.822. The molecule has 114 valence electrons. The van der Waals surface area contributed by atoms with Crippen molar-refractivity contribution in [3.8, 4) is 0 Å². The molecule has 0 saturated heterocycles. The first-order valence-electron chi connectivity index (χ1n) is 7.10. The molecular weight excluding hydrogens is 272 g/mol. The second-order valence-electron chi connectivity index (χ2n) is 5.63. The molecule has 0 saturated carbocycles. The lowest BCUT2D eigenvalue weighted by Crippen LogP contribution is -2.24. The molecule has 0 aliphatic carbocycles. The molecule has 0 fully saturated rings. The van der Waals surface area contributed by atoms with E-state index in [-0.39, 0.29) is 5.41 Å². The summed E-state index contributed by atoms with van der Waals surface area (Å²) in [7, 11) is -1.10. The molecule has 1 atom stereocenters. The Labute approximate surface area is 125 Å². The molecule has 3 nitrogen and oxygen atoms in total. The van der Waals surface area contributed by atoms with E-state index in [0.717, 1.165) is 4.90 Å². The highest BCUT2D eigenvalue weighted by atomic mass is 32.2. The molecule has 4 heteroatoms. The first kappa shape index (κ1) is 17.3. The van der Waals surface area contributed by atoms with Crippen LogP contribution in [-0.2, 0) is 25.7 Å². The van der Waals surface area contributed by atoms with Crippen LogP contribution in [0.3, 0.4) is 0 Å². The van der Waals surface area contributed by atoms with Gasteiger partial charge in [-0.25, -0.2) is 0 Å². The summed E-state index contributed by atoms with van der Waals surface area (Å²) in [6.07, 6.45) is -0.395. The van der Waals surface area contributed by atoms with Gasteiger partial charge in [0.05, 0.1) is 16.6 Å². The maximum atomic E-state index is 12.3. The van der Waals surface area contributed by atoms with E-state index in [1.807, 2.05) is 38.1 Å². The molecule has 0 aromatic heterocycles. The highest BCUT2D eigenvalue weighted by Crippen LogP contribution is 2.23. The van der Waals surface area contributed by atoms with E-state index in [4.69, 9.17) is 9.47 Å². The fourth-order valence-corrected chi connectivity index (χ4v) is 2.91. The highest BCUT2D eigenvalue weighted by Gasteiger charge is 2.16. The summed E-state index contributed by atoms with van der Waals surface area (Å²) >= 11 is 0. The van der Waals surface area contributed by atoms with Crippen molar-refractivity contribution < 1.29 is 13.7 Å². The smallest absolute Gasteiger partial charge is 0.169 e. The van der Waals surface area contributed by atoms with Crippen molar-refractivity contribution in [3.05, 3.63) is 29.8 Å². The third-order valence-electron chi connectivity index (χ3n) is 2.98. The molecule has 0 radical (unpaired) electrons. The van der Waals surface area contributed by atoms with Gasteiger partial charge < -0.3 is 9.47 Å². The molecule has 1 unspecified atom stereocenters. The van der Waals surface area contributed by atoms with Gasteiger partial charge in [-0.05, 0) is 37.0 Å². The average Bonchev–Trinajstić information content (AvgIpc) is 2.38. The Bertz CT molecular complexity index is 414. The van der Waals surface area contributed by atoms with E-state index in [1.165, 1.54) is 5.56 Å². The molecule has 0 spiro atoms. The van der Waals surface area contributed by atoms with Crippen molar-refractivity contribution in [2.75, 3.05) is 19.0 Å². The standard InChI is InChI=1S/C16H26O3S/c1-6-18-15(19-7-2)12-20(17)14-10-8-13(9-11-14)16(3,4)5/h8-11,15H,6-7,12H2,1-5H3. The number of rotatable bonds is 7. The van der Waals surface area contributed by atoms with Gasteiger partial charge in [0.15, 0.2) is 6.29 Å². The quantitative estimate of drug-likeness (QED) is 0.723. The zero-order valence-corrected chi connectivity index (χ0v) is 14.0. The van der Waals surface area contributed by atoms with Crippen molar-refractivity contribution >= 4 is 10.8 Å². The van der Waals surface area contributed by atoms with Crippen molar-refractivity contribution in [1.29, 1.82) is 0 Å². The number of ether oxygens (including phenoxy) is 2. The van der Waals surface area contributed by atoms with Gasteiger partial charge in [0.25, 0.3) is 0 Å². The minimum absolute atomic E-state index is 0.110. The Morgan fingerprint density at radius 1 is 1.05 bits per heavy atom. The predicted octanol–water partition coefficient (Wildman–Crippen LogP) is 3.49. The first-order valence-corrected chi connectivity index (χ1v) is 8.42. The Hall–Kier alpha value is -0.710. The fraction of sp³-hybridized carbons (Fsp3) is 0.625. The largest absolute Gasteiger partial charge is 0.352 e. The van der Waals surface area contributed by atoms with Gasteiger partial charge in [0, 0.05) is 18.1 Å². The summed E-state index contributed by atoms with van der Waals surface area (Å²) in [5.41, 5.74) is 1.35. The Balaban J connectivity index is 2.72. The molecule has 0 aliphatic heterocycles. The third kappa shape index (κ3) is 5.35. The topological polar surface area (TPSA) is 35.5 Å². The van der Waals surface area contributed by atoms with Crippen LogP contribution in [-0.4, -0.2) is 29.5 Å². The van der Waals surface area contributed by atoms with E-state index in [0.29, 0.717) is 19.0 Å². The van der Waals surface area contributed by atoms with E-state index in [9.17, 15) is 4.21 Å². The number of benzene rings is 1. The van der Waals surface area contributed by atoms with Gasteiger partial charge >= 0.3 is 0 Å². The lowest BCUT2D eigenvalue weighted by Gasteiger charge is -2.19. The Kier molecular flexibility index (Phi) is 6.86. The van der Waals surface area contributed by atoms with Gasteiger partial charge in [-0.3, -0.25) is 4.21 Å². The summed E-state index contributed by atoms with van der Waals surface area (Å²) in [6.45, 7) is 11.4. The van der Waals surface area contributed by atoms with Crippen molar-refractivity contribution in [2.24, 2.45) is 0 Å². The number of hydrogen-bond acceptors (Lipinski definition) is 3. The van der Waals surface area contributed by atoms with Gasteiger partial charge in [-0.1, -0.05) is 32.9 Å². The zero-order valence-electron chi connectivity index (χ0n) is 13.1. The van der Waals surface area contributed by atoms with Crippen molar-refractivity contribution in [2.45, 2.75) is 51.2 Å². The molecule has 0 heterocycles. The van der Waals surface area contributed by atoms with Gasteiger partial charge in [0.1, 0.15) is 0 Å². The monoisotopic (exact) mass is 298 g/mol. The van der Waals surface area contributed by atoms with Crippen LogP contribution in [0.4, 0.5) is 0 Å². The summed E-state index contributed by atoms with van der Waals surface area (Å²) in [5.74, 6) is 0.372. The first-order chi connectivity index (χ1) is 9.38. The van der Waals surface area contributed by atoms with E-state index in [2.05, 4.69) is 20.8 Å². The molecule has 1 rings (SSSR count). The van der Waals surface area contributed by atoms with E-state index < -0.39 is 17.1 Å². The van der Waals surface area contributed by atoms with Crippen LogP contribution < -0.4 is 0 Å². The van der Waals surface area contributed by atoms with Gasteiger partial charge in [-0.2, -0.15) is 0 Å². The van der Waals surface area contributed by atoms with Crippen LogP contribution in [0, 0.1) is 0 Å². The lowest BCUT2D eigenvalue weighted by molar-refractivity contribution is -0.120. The minimum Gasteiger partial charge on any atom is -0.352 e. The van der Waals surface area contributed by atoms with Crippen LogP contribution in [0.1, 0.15) is 40.2 Å². The zero-order chi connectivity index (χ0) is 15.2. The van der Waals surface area contributed by atoms with Gasteiger partial charge in [-0.15, -0.1) is 0 Å². The molecule has 20 heavy (non-hydrogen) atoms. The summed E-state index contributed by atoms with van der Waals surface area (Å²) < 4.78 is 23.2. The summed E-state index contributed by atoms with van der Waals surface area (Å²) in [5, 5.41) is 0.